The molecule has 3 rings (SSSR count). The Morgan fingerprint density at radius 1 is 1.31 bits per heavy atom. The van der Waals surface area contributed by atoms with Crippen LogP contribution in [0, 0.1) is 6.92 Å². The predicted molar refractivity (Wildman–Crippen MR) is 92.0 cm³/mol. The molecule has 2 aliphatic rings. The normalized spacial score (nSPS) is 23.9. The molecule has 1 atom stereocenters. The van der Waals surface area contributed by atoms with Crippen molar-refractivity contribution in [2.24, 2.45) is 0 Å². The molecule has 1 aromatic rings. The van der Waals surface area contributed by atoms with Crippen molar-refractivity contribution >= 4 is 23.2 Å². The van der Waals surface area contributed by atoms with E-state index in [0.29, 0.717) is 0 Å². The number of aryl methyl sites for hydroxylation is 1. The molecular formula is C17H23F3N2O3S. The van der Waals surface area contributed by atoms with E-state index in [4.69, 9.17) is 9.90 Å². The van der Waals surface area contributed by atoms with Gasteiger partial charge in [0.2, 0.25) is 5.91 Å². The molecule has 2 fully saturated rings. The van der Waals surface area contributed by atoms with Crippen molar-refractivity contribution in [3.63, 3.8) is 0 Å². The zero-order valence-electron chi connectivity index (χ0n) is 14.6. The molecule has 26 heavy (non-hydrogen) atoms. The molecule has 9 heteroatoms. The highest BCUT2D eigenvalue weighted by atomic mass is 32.1. The summed E-state index contributed by atoms with van der Waals surface area (Å²) < 4.78 is 31.7. The number of halogens is 3. The number of carbonyl (C=O) groups is 2. The summed E-state index contributed by atoms with van der Waals surface area (Å²) in [4.78, 5) is 25.8. The van der Waals surface area contributed by atoms with Gasteiger partial charge in [-0.25, -0.2) is 4.79 Å². The van der Waals surface area contributed by atoms with E-state index in [0.717, 1.165) is 45.3 Å². The monoisotopic (exact) mass is 392 g/mol. The Balaban J connectivity index is 0.000000298. The Hall–Kier alpha value is -1.61. The standard InChI is InChI=1S/C15H22N2OS.C2HF3O2/c1-12-3-4-13(19-12)11-17-9-2-6-15(8-10-17)7-5-14(18)16-15;3-2(4,5)1(6)7/h3-4H,2,5-11H2,1H3,(H,16,18);(H,6,7). The summed E-state index contributed by atoms with van der Waals surface area (Å²) in [6, 6.07) is 4.45. The lowest BCUT2D eigenvalue weighted by atomic mass is 9.89. The molecule has 0 aromatic carbocycles. The molecule has 0 bridgehead atoms. The third-order valence-electron chi connectivity index (χ3n) is 4.69. The first-order chi connectivity index (χ1) is 12.1. The van der Waals surface area contributed by atoms with Crippen LogP contribution in [0.25, 0.3) is 0 Å². The van der Waals surface area contributed by atoms with Gasteiger partial charge in [-0.3, -0.25) is 9.69 Å². The minimum Gasteiger partial charge on any atom is -0.475 e. The van der Waals surface area contributed by atoms with E-state index >= 15 is 0 Å². The topological polar surface area (TPSA) is 69.6 Å². The van der Waals surface area contributed by atoms with Gasteiger partial charge in [-0.05, 0) is 51.3 Å². The van der Waals surface area contributed by atoms with E-state index in [-0.39, 0.29) is 11.4 Å². The molecule has 5 nitrogen and oxygen atoms in total. The van der Waals surface area contributed by atoms with Gasteiger partial charge < -0.3 is 10.4 Å². The number of hydrogen-bond donors (Lipinski definition) is 2. The maximum atomic E-state index is 11.5. The number of amides is 1. The van der Waals surface area contributed by atoms with Crippen molar-refractivity contribution in [1.29, 1.82) is 0 Å². The molecule has 1 aromatic heterocycles. The summed E-state index contributed by atoms with van der Waals surface area (Å²) >= 11 is 1.90. The van der Waals surface area contributed by atoms with E-state index in [2.05, 4.69) is 29.3 Å². The molecule has 2 saturated heterocycles. The lowest BCUT2D eigenvalue weighted by molar-refractivity contribution is -0.192. The molecular weight excluding hydrogens is 369 g/mol. The van der Waals surface area contributed by atoms with E-state index in [1.165, 1.54) is 16.2 Å². The van der Waals surface area contributed by atoms with Gasteiger partial charge in [0.05, 0.1) is 0 Å². The molecule has 0 aliphatic carbocycles. The maximum absolute atomic E-state index is 11.5. The highest BCUT2D eigenvalue weighted by Gasteiger charge is 2.39. The lowest BCUT2D eigenvalue weighted by Gasteiger charge is -2.27. The second-order valence-corrected chi connectivity index (χ2v) is 8.15. The maximum Gasteiger partial charge on any atom is 0.490 e. The van der Waals surface area contributed by atoms with E-state index in [9.17, 15) is 18.0 Å². The van der Waals surface area contributed by atoms with Crippen LogP contribution in [-0.2, 0) is 16.1 Å². The fourth-order valence-corrected chi connectivity index (χ4v) is 4.28. The summed E-state index contributed by atoms with van der Waals surface area (Å²) in [5, 5.41) is 10.4. The predicted octanol–water partition coefficient (Wildman–Crippen LogP) is 3.32. The first-order valence-electron chi connectivity index (χ1n) is 8.48. The number of alkyl halides is 3. The summed E-state index contributed by atoms with van der Waals surface area (Å²) in [6.45, 7) is 5.51. The highest BCUT2D eigenvalue weighted by Crippen LogP contribution is 2.32. The molecule has 1 spiro atoms. The van der Waals surface area contributed by atoms with Crippen LogP contribution in [0.2, 0.25) is 0 Å². The number of rotatable bonds is 2. The summed E-state index contributed by atoms with van der Waals surface area (Å²) in [5.41, 5.74) is 0.122. The molecule has 3 heterocycles. The van der Waals surface area contributed by atoms with Crippen molar-refractivity contribution < 1.29 is 27.9 Å². The minimum absolute atomic E-state index is 0.122. The van der Waals surface area contributed by atoms with Crippen LogP contribution in [0.3, 0.4) is 0 Å². The van der Waals surface area contributed by atoms with Gasteiger partial charge in [-0.2, -0.15) is 13.2 Å². The van der Waals surface area contributed by atoms with Crippen LogP contribution in [0.1, 0.15) is 41.9 Å². The van der Waals surface area contributed by atoms with Crippen LogP contribution in [0.5, 0.6) is 0 Å². The van der Waals surface area contributed by atoms with Crippen molar-refractivity contribution in [3.8, 4) is 0 Å². The average Bonchev–Trinajstić information content (AvgIpc) is 3.04. The number of hydrogen-bond acceptors (Lipinski definition) is 4. The minimum atomic E-state index is -5.08. The third-order valence-corrected chi connectivity index (χ3v) is 5.67. The smallest absolute Gasteiger partial charge is 0.475 e. The van der Waals surface area contributed by atoms with E-state index < -0.39 is 12.1 Å². The summed E-state index contributed by atoms with van der Waals surface area (Å²) in [6.07, 6.45) is 0.147. The second kappa shape index (κ2) is 8.39. The van der Waals surface area contributed by atoms with Gasteiger partial charge in [0.1, 0.15) is 0 Å². The van der Waals surface area contributed by atoms with Crippen molar-refractivity contribution in [2.45, 2.75) is 57.3 Å². The van der Waals surface area contributed by atoms with E-state index in [1.54, 1.807) is 0 Å². The van der Waals surface area contributed by atoms with Crippen LogP contribution < -0.4 is 5.32 Å². The molecule has 146 valence electrons. The van der Waals surface area contributed by atoms with Crippen LogP contribution in [-0.4, -0.2) is 46.7 Å². The molecule has 0 radical (unpaired) electrons. The molecule has 1 amide bonds. The van der Waals surface area contributed by atoms with Crippen molar-refractivity contribution in [1.82, 2.24) is 10.2 Å². The number of nitrogens with one attached hydrogen (secondary N) is 1. The SMILES string of the molecule is Cc1ccc(CN2CCCC3(CCC(=O)N3)CC2)s1.O=C(O)C(F)(F)F. The molecule has 2 aliphatic heterocycles. The molecule has 2 N–H and O–H groups in total. The highest BCUT2D eigenvalue weighted by molar-refractivity contribution is 7.11. The molecule has 0 saturated carbocycles. The number of nitrogens with zero attached hydrogens (tertiary/aromatic N) is 1. The zero-order valence-corrected chi connectivity index (χ0v) is 15.4. The number of likely N-dealkylation sites (tertiary alicyclic amines) is 1. The lowest BCUT2D eigenvalue weighted by Crippen LogP contribution is -2.42. The Bertz CT molecular complexity index is 647. The van der Waals surface area contributed by atoms with E-state index in [1.807, 2.05) is 11.3 Å². The fraction of sp³-hybridized carbons (Fsp3) is 0.647. The average molecular weight is 392 g/mol. The summed E-state index contributed by atoms with van der Waals surface area (Å²) in [5.74, 6) is -2.50. The number of carboxylic acids is 1. The first kappa shape index (κ1) is 20.7. The molecule has 1 unspecified atom stereocenters. The number of carbonyl (C=O) groups excluding carboxylic acids is 1. The zero-order chi connectivity index (χ0) is 19.4. The van der Waals surface area contributed by atoms with Crippen molar-refractivity contribution in [3.05, 3.63) is 21.9 Å². The van der Waals surface area contributed by atoms with Gasteiger partial charge in [0, 0.05) is 34.8 Å². The Morgan fingerprint density at radius 2 is 2.00 bits per heavy atom. The van der Waals surface area contributed by atoms with Crippen LogP contribution in [0.4, 0.5) is 13.2 Å². The number of aliphatic carboxylic acids is 1. The fourth-order valence-electron chi connectivity index (χ4n) is 3.35. The number of thiophene rings is 1. The van der Waals surface area contributed by atoms with Crippen molar-refractivity contribution in [2.75, 3.05) is 13.1 Å². The van der Waals surface area contributed by atoms with Gasteiger partial charge in [-0.1, -0.05) is 0 Å². The van der Waals surface area contributed by atoms with Gasteiger partial charge in [0.15, 0.2) is 0 Å². The largest absolute Gasteiger partial charge is 0.490 e. The number of carboxylic acid groups (broad SMARTS) is 1. The Labute approximate surface area is 154 Å². The van der Waals surface area contributed by atoms with Gasteiger partial charge in [-0.15, -0.1) is 11.3 Å². The quantitative estimate of drug-likeness (QED) is 0.810. The summed E-state index contributed by atoms with van der Waals surface area (Å²) in [7, 11) is 0. The third kappa shape index (κ3) is 5.98. The first-order valence-corrected chi connectivity index (χ1v) is 9.30. The van der Waals surface area contributed by atoms with Gasteiger partial charge >= 0.3 is 12.1 Å². The van der Waals surface area contributed by atoms with Gasteiger partial charge in [0.25, 0.3) is 0 Å². The Morgan fingerprint density at radius 3 is 2.50 bits per heavy atom. The second-order valence-electron chi connectivity index (χ2n) is 6.77. The van der Waals surface area contributed by atoms with Crippen LogP contribution in [0.15, 0.2) is 12.1 Å². The van der Waals surface area contributed by atoms with Crippen LogP contribution >= 0.6 is 11.3 Å². The Kier molecular flexibility index (Phi) is 6.68.